The first-order valence-electron chi connectivity index (χ1n) is 10.2. The fourth-order valence-corrected chi connectivity index (χ4v) is 4.07. The molecule has 1 aromatic carbocycles. The fourth-order valence-electron chi connectivity index (χ4n) is 3.44. The number of aromatic nitrogens is 4. The largest absolute Gasteiger partial charge is 0.439 e. The summed E-state index contributed by atoms with van der Waals surface area (Å²) in [7, 11) is -3.24. The Labute approximate surface area is 181 Å². The third-order valence-corrected chi connectivity index (χ3v) is 6.37. The van der Waals surface area contributed by atoms with Gasteiger partial charge in [0.25, 0.3) is 0 Å². The molecule has 1 saturated heterocycles. The van der Waals surface area contributed by atoms with Crippen LogP contribution < -0.4 is 9.64 Å². The average Bonchev–Trinajstić information content (AvgIpc) is 3.25. The Morgan fingerprint density at radius 1 is 1.13 bits per heavy atom. The van der Waals surface area contributed by atoms with Gasteiger partial charge in [-0.1, -0.05) is 19.0 Å². The van der Waals surface area contributed by atoms with Gasteiger partial charge in [-0.05, 0) is 37.1 Å². The number of sulfone groups is 1. The summed E-state index contributed by atoms with van der Waals surface area (Å²) in [5.74, 6) is 3.66. The zero-order valence-corrected chi connectivity index (χ0v) is 18.5. The van der Waals surface area contributed by atoms with Gasteiger partial charge >= 0.3 is 0 Å². The van der Waals surface area contributed by atoms with Gasteiger partial charge in [-0.25, -0.2) is 18.4 Å². The highest BCUT2D eigenvalue weighted by Gasteiger charge is 2.26. The van der Waals surface area contributed by atoms with Gasteiger partial charge in [0, 0.05) is 37.2 Å². The van der Waals surface area contributed by atoms with Gasteiger partial charge in [0.05, 0.1) is 4.90 Å². The monoisotopic (exact) mass is 443 g/mol. The van der Waals surface area contributed by atoms with Crippen LogP contribution in [0.25, 0.3) is 0 Å². The van der Waals surface area contributed by atoms with Gasteiger partial charge in [-0.3, -0.25) is 0 Å². The van der Waals surface area contributed by atoms with Crippen LogP contribution in [-0.4, -0.2) is 47.9 Å². The Morgan fingerprint density at radius 3 is 2.45 bits per heavy atom. The fraction of sp³-hybridized carbons (Fsp3) is 0.429. The quantitative estimate of drug-likeness (QED) is 0.564. The minimum Gasteiger partial charge on any atom is -0.439 e. The summed E-state index contributed by atoms with van der Waals surface area (Å²) in [6.07, 6.45) is 4.43. The topological polar surface area (TPSA) is 111 Å². The van der Waals surface area contributed by atoms with E-state index in [-0.39, 0.29) is 16.7 Å². The Hall–Kier alpha value is -3.01. The van der Waals surface area contributed by atoms with Gasteiger partial charge in [0.2, 0.25) is 11.8 Å². The van der Waals surface area contributed by atoms with Crippen LogP contribution in [0.4, 0.5) is 5.82 Å². The number of benzene rings is 1. The van der Waals surface area contributed by atoms with Crippen LogP contribution in [0.1, 0.15) is 50.2 Å². The second kappa shape index (κ2) is 8.62. The molecule has 0 spiro atoms. The minimum atomic E-state index is -3.24. The predicted molar refractivity (Wildman–Crippen MR) is 114 cm³/mol. The predicted octanol–water partition coefficient (Wildman–Crippen LogP) is 3.56. The van der Waals surface area contributed by atoms with Crippen molar-refractivity contribution in [1.29, 1.82) is 0 Å². The van der Waals surface area contributed by atoms with Crippen molar-refractivity contribution >= 4 is 15.7 Å². The number of rotatable bonds is 6. The Kier molecular flexibility index (Phi) is 5.90. The Balaban J connectivity index is 1.39. The normalized spacial score (nSPS) is 15.4. The summed E-state index contributed by atoms with van der Waals surface area (Å²) in [4.78, 5) is 15.5. The van der Waals surface area contributed by atoms with E-state index in [0.29, 0.717) is 17.5 Å². The second-order valence-electron chi connectivity index (χ2n) is 7.97. The number of ether oxygens (including phenoxy) is 1. The third-order valence-electron chi connectivity index (χ3n) is 5.24. The number of hydrogen-bond acceptors (Lipinski definition) is 9. The first-order chi connectivity index (χ1) is 14.8. The molecule has 10 heteroatoms. The van der Waals surface area contributed by atoms with Crippen molar-refractivity contribution in [3.05, 3.63) is 48.4 Å². The highest BCUT2D eigenvalue weighted by molar-refractivity contribution is 7.90. The molecule has 31 heavy (non-hydrogen) atoms. The maximum absolute atomic E-state index is 11.6. The van der Waals surface area contributed by atoms with Crippen LogP contribution in [0.2, 0.25) is 0 Å². The zero-order chi connectivity index (χ0) is 22.0. The van der Waals surface area contributed by atoms with E-state index in [1.165, 1.54) is 24.7 Å². The molecule has 1 aliphatic heterocycles. The smallest absolute Gasteiger partial charge is 0.229 e. The highest BCUT2D eigenvalue weighted by atomic mass is 32.2. The van der Waals surface area contributed by atoms with Gasteiger partial charge in [0.15, 0.2) is 15.7 Å². The average molecular weight is 444 g/mol. The van der Waals surface area contributed by atoms with Crippen molar-refractivity contribution in [2.75, 3.05) is 24.2 Å². The van der Waals surface area contributed by atoms with Crippen LogP contribution in [0.5, 0.6) is 11.6 Å². The number of piperidine rings is 1. The molecule has 3 heterocycles. The molecule has 1 aliphatic rings. The molecule has 164 valence electrons. The number of nitrogens with zero attached hydrogens (tertiary/aromatic N) is 5. The van der Waals surface area contributed by atoms with Crippen molar-refractivity contribution in [3.8, 4) is 11.6 Å². The molecular weight excluding hydrogens is 418 g/mol. The van der Waals surface area contributed by atoms with Gasteiger partial charge in [-0.15, -0.1) is 0 Å². The molecule has 0 radical (unpaired) electrons. The van der Waals surface area contributed by atoms with E-state index in [4.69, 9.17) is 9.26 Å². The summed E-state index contributed by atoms with van der Waals surface area (Å²) in [5.41, 5.74) is 0. The third kappa shape index (κ3) is 5.01. The first kappa shape index (κ1) is 21.2. The minimum absolute atomic E-state index is 0.243. The standard InChI is InChI=1S/C21H25N5O4S/c1-14(2)20-24-21(30-25-20)15-8-10-26(11-9-15)18-12-19(23-13-22-18)29-16-4-6-17(7-5-16)31(3,27)28/h4-7,12-15H,8-11H2,1-3H3. The maximum atomic E-state index is 11.6. The summed E-state index contributed by atoms with van der Waals surface area (Å²) >= 11 is 0. The lowest BCUT2D eigenvalue weighted by atomic mass is 9.97. The van der Waals surface area contributed by atoms with E-state index >= 15 is 0 Å². The molecule has 3 aromatic rings. The zero-order valence-electron chi connectivity index (χ0n) is 17.7. The van der Waals surface area contributed by atoms with E-state index in [1.807, 2.05) is 13.8 Å². The van der Waals surface area contributed by atoms with Crippen molar-refractivity contribution in [1.82, 2.24) is 20.1 Å². The van der Waals surface area contributed by atoms with Gasteiger partial charge in [-0.2, -0.15) is 4.98 Å². The maximum Gasteiger partial charge on any atom is 0.229 e. The Bertz CT molecular complexity index is 1140. The molecule has 1 fully saturated rings. The number of anilines is 1. The summed E-state index contributed by atoms with van der Waals surface area (Å²) in [6.45, 7) is 5.71. The molecule has 4 rings (SSSR count). The van der Waals surface area contributed by atoms with E-state index in [1.54, 1.807) is 18.2 Å². The molecule has 0 bridgehead atoms. The Morgan fingerprint density at radius 2 is 1.84 bits per heavy atom. The molecule has 0 unspecified atom stereocenters. The molecule has 0 atom stereocenters. The van der Waals surface area contributed by atoms with Crippen molar-refractivity contribution in [2.45, 2.75) is 43.4 Å². The van der Waals surface area contributed by atoms with Crippen molar-refractivity contribution in [3.63, 3.8) is 0 Å². The van der Waals surface area contributed by atoms with E-state index in [9.17, 15) is 8.42 Å². The van der Waals surface area contributed by atoms with E-state index < -0.39 is 9.84 Å². The van der Waals surface area contributed by atoms with Crippen molar-refractivity contribution < 1.29 is 17.7 Å². The molecule has 0 amide bonds. The SMILES string of the molecule is CC(C)c1noc(C2CCN(c3cc(Oc4ccc(S(C)(=O)=O)cc4)ncn3)CC2)n1. The lowest BCUT2D eigenvalue weighted by Gasteiger charge is -2.31. The van der Waals surface area contributed by atoms with Crippen LogP contribution in [0.15, 0.2) is 46.1 Å². The second-order valence-corrected chi connectivity index (χ2v) is 9.98. The molecular formula is C21H25N5O4S. The number of hydrogen-bond donors (Lipinski definition) is 0. The lowest BCUT2D eigenvalue weighted by molar-refractivity contribution is 0.325. The van der Waals surface area contributed by atoms with E-state index in [0.717, 1.165) is 37.6 Å². The summed E-state index contributed by atoms with van der Waals surface area (Å²) in [5, 5.41) is 4.07. The van der Waals surface area contributed by atoms with Crippen LogP contribution in [0, 0.1) is 0 Å². The summed E-state index contributed by atoms with van der Waals surface area (Å²) in [6, 6.07) is 8.03. The van der Waals surface area contributed by atoms with Gasteiger partial charge < -0.3 is 14.2 Å². The molecule has 0 N–H and O–H groups in total. The first-order valence-corrected chi connectivity index (χ1v) is 12.1. The lowest BCUT2D eigenvalue weighted by Crippen LogP contribution is -2.33. The summed E-state index contributed by atoms with van der Waals surface area (Å²) < 4.78 is 34.4. The highest BCUT2D eigenvalue weighted by Crippen LogP contribution is 2.31. The molecule has 9 nitrogen and oxygen atoms in total. The van der Waals surface area contributed by atoms with Crippen molar-refractivity contribution in [2.24, 2.45) is 0 Å². The van der Waals surface area contributed by atoms with Gasteiger partial charge in [0.1, 0.15) is 17.9 Å². The van der Waals surface area contributed by atoms with E-state index in [2.05, 4.69) is 25.0 Å². The van der Waals surface area contributed by atoms with Crippen LogP contribution >= 0.6 is 0 Å². The molecule has 2 aromatic heterocycles. The molecule has 0 saturated carbocycles. The molecule has 0 aliphatic carbocycles. The van der Waals surface area contributed by atoms with Crippen LogP contribution in [-0.2, 0) is 9.84 Å². The van der Waals surface area contributed by atoms with Crippen LogP contribution in [0.3, 0.4) is 0 Å².